The Morgan fingerprint density at radius 3 is 2.75 bits per heavy atom. The molecule has 1 aromatic rings. The van der Waals surface area contributed by atoms with Gasteiger partial charge in [-0.2, -0.15) is 0 Å². The maximum Gasteiger partial charge on any atom is 0.222 e. The van der Waals surface area contributed by atoms with Crippen LogP contribution in [-0.4, -0.2) is 35.1 Å². The number of aliphatic hydroxyl groups excluding tert-OH is 1. The molecule has 0 radical (unpaired) electrons. The summed E-state index contributed by atoms with van der Waals surface area (Å²) in [5.41, 5.74) is 1.00. The van der Waals surface area contributed by atoms with Gasteiger partial charge in [0, 0.05) is 18.5 Å². The van der Waals surface area contributed by atoms with E-state index in [9.17, 15) is 9.90 Å². The van der Waals surface area contributed by atoms with Crippen molar-refractivity contribution in [1.82, 2.24) is 4.90 Å². The average Bonchev–Trinajstić information content (AvgIpc) is 2.46. The van der Waals surface area contributed by atoms with E-state index < -0.39 is 0 Å². The van der Waals surface area contributed by atoms with Crippen molar-refractivity contribution in [3.63, 3.8) is 0 Å². The minimum absolute atomic E-state index is 0.0255. The standard InChI is InChI=1S/C16H22ClNO2/c1-18(14-8-4-5-9-15(14)19)16(20)11-10-12-6-2-3-7-13(12)17/h2-3,6-7,14-15,19H,4-5,8-11H2,1H3. The zero-order valence-corrected chi connectivity index (χ0v) is 12.6. The first-order valence-electron chi connectivity index (χ1n) is 7.26. The molecule has 0 spiro atoms. The van der Waals surface area contributed by atoms with Gasteiger partial charge in [-0.1, -0.05) is 42.6 Å². The smallest absolute Gasteiger partial charge is 0.222 e. The SMILES string of the molecule is CN(C(=O)CCc1ccccc1Cl)C1CCCCC1O. The quantitative estimate of drug-likeness (QED) is 0.927. The molecule has 4 heteroatoms. The van der Waals surface area contributed by atoms with Crippen LogP contribution in [0.1, 0.15) is 37.7 Å². The van der Waals surface area contributed by atoms with Crippen LogP contribution in [0, 0.1) is 0 Å². The van der Waals surface area contributed by atoms with Gasteiger partial charge in [-0.05, 0) is 30.9 Å². The van der Waals surface area contributed by atoms with Gasteiger partial charge in [-0.3, -0.25) is 4.79 Å². The summed E-state index contributed by atoms with van der Waals surface area (Å²) >= 11 is 6.09. The number of benzene rings is 1. The fourth-order valence-corrected chi connectivity index (χ4v) is 3.08. The molecule has 1 aliphatic carbocycles. The predicted octanol–water partition coefficient (Wildman–Crippen LogP) is 3.03. The van der Waals surface area contributed by atoms with Gasteiger partial charge >= 0.3 is 0 Å². The highest BCUT2D eigenvalue weighted by molar-refractivity contribution is 6.31. The van der Waals surface area contributed by atoms with Crippen LogP contribution in [0.4, 0.5) is 0 Å². The number of carbonyl (C=O) groups is 1. The van der Waals surface area contributed by atoms with Crippen molar-refractivity contribution in [3.8, 4) is 0 Å². The van der Waals surface area contributed by atoms with Crippen molar-refractivity contribution in [2.75, 3.05) is 7.05 Å². The van der Waals surface area contributed by atoms with Crippen molar-refractivity contribution in [3.05, 3.63) is 34.9 Å². The minimum Gasteiger partial charge on any atom is -0.391 e. The van der Waals surface area contributed by atoms with Crippen LogP contribution in [-0.2, 0) is 11.2 Å². The highest BCUT2D eigenvalue weighted by Gasteiger charge is 2.28. The molecule has 1 aliphatic rings. The number of aryl methyl sites for hydroxylation is 1. The van der Waals surface area contributed by atoms with Gasteiger partial charge in [-0.25, -0.2) is 0 Å². The average molecular weight is 296 g/mol. The molecule has 0 heterocycles. The third-order valence-corrected chi connectivity index (χ3v) is 4.52. The van der Waals surface area contributed by atoms with Gasteiger partial charge < -0.3 is 10.0 Å². The van der Waals surface area contributed by atoms with Crippen molar-refractivity contribution in [1.29, 1.82) is 0 Å². The van der Waals surface area contributed by atoms with E-state index in [-0.39, 0.29) is 18.1 Å². The van der Waals surface area contributed by atoms with Gasteiger partial charge in [0.1, 0.15) is 0 Å². The molecular formula is C16H22ClNO2. The maximum absolute atomic E-state index is 12.2. The fourth-order valence-electron chi connectivity index (χ4n) is 2.85. The van der Waals surface area contributed by atoms with Crippen LogP contribution in [0.15, 0.2) is 24.3 Å². The molecule has 0 aromatic heterocycles. The van der Waals surface area contributed by atoms with Gasteiger partial charge in [0.25, 0.3) is 0 Å². The molecule has 0 saturated heterocycles. The molecule has 2 atom stereocenters. The number of carbonyl (C=O) groups excluding carboxylic acids is 1. The van der Waals surface area contributed by atoms with Crippen LogP contribution >= 0.6 is 11.6 Å². The molecule has 0 bridgehead atoms. The number of likely N-dealkylation sites (N-methyl/N-ethyl adjacent to an activating group) is 1. The van der Waals surface area contributed by atoms with Gasteiger partial charge in [0.15, 0.2) is 0 Å². The van der Waals surface area contributed by atoms with E-state index in [4.69, 9.17) is 11.6 Å². The largest absolute Gasteiger partial charge is 0.391 e. The van der Waals surface area contributed by atoms with E-state index in [0.29, 0.717) is 17.9 Å². The second kappa shape index (κ2) is 7.09. The normalized spacial score (nSPS) is 22.6. The first-order valence-corrected chi connectivity index (χ1v) is 7.64. The molecular weight excluding hydrogens is 274 g/mol. The van der Waals surface area contributed by atoms with Crippen molar-refractivity contribution in [2.24, 2.45) is 0 Å². The zero-order valence-electron chi connectivity index (χ0n) is 11.9. The topological polar surface area (TPSA) is 40.5 Å². The molecule has 2 rings (SSSR count). The van der Waals surface area contributed by atoms with Crippen LogP contribution in [0.25, 0.3) is 0 Å². The molecule has 3 nitrogen and oxygen atoms in total. The number of rotatable bonds is 4. The molecule has 1 aromatic carbocycles. The van der Waals surface area contributed by atoms with Gasteiger partial charge in [0.05, 0.1) is 12.1 Å². The molecule has 0 aliphatic heterocycles. The van der Waals surface area contributed by atoms with Crippen LogP contribution in [0.3, 0.4) is 0 Å². The fraction of sp³-hybridized carbons (Fsp3) is 0.562. The Hall–Kier alpha value is -1.06. The molecule has 1 saturated carbocycles. The predicted molar refractivity (Wildman–Crippen MR) is 80.8 cm³/mol. The number of aliphatic hydroxyl groups is 1. The molecule has 20 heavy (non-hydrogen) atoms. The first-order chi connectivity index (χ1) is 9.59. The number of amides is 1. The van der Waals surface area contributed by atoms with Gasteiger partial charge in [0.2, 0.25) is 5.91 Å². The number of hydrogen-bond acceptors (Lipinski definition) is 2. The molecule has 1 N–H and O–H groups in total. The van der Waals surface area contributed by atoms with E-state index in [1.165, 1.54) is 0 Å². The van der Waals surface area contributed by atoms with Crippen molar-refractivity contribution < 1.29 is 9.90 Å². The van der Waals surface area contributed by atoms with Crippen LogP contribution < -0.4 is 0 Å². The third-order valence-electron chi connectivity index (χ3n) is 4.15. The minimum atomic E-state index is -0.377. The molecule has 1 fully saturated rings. The summed E-state index contributed by atoms with van der Waals surface area (Å²) in [5, 5.41) is 10.7. The number of nitrogens with zero attached hydrogens (tertiary/aromatic N) is 1. The van der Waals surface area contributed by atoms with Gasteiger partial charge in [-0.15, -0.1) is 0 Å². The lowest BCUT2D eigenvalue weighted by atomic mass is 9.91. The molecule has 1 amide bonds. The summed E-state index contributed by atoms with van der Waals surface area (Å²) in [6, 6.07) is 7.59. The lowest BCUT2D eigenvalue weighted by Gasteiger charge is -2.35. The van der Waals surface area contributed by atoms with Crippen molar-refractivity contribution in [2.45, 2.75) is 50.7 Å². The Kier molecular flexibility index (Phi) is 5.44. The number of halogens is 1. The lowest BCUT2D eigenvalue weighted by Crippen LogP contribution is -2.46. The maximum atomic E-state index is 12.2. The summed E-state index contributed by atoms with van der Waals surface area (Å²) < 4.78 is 0. The van der Waals surface area contributed by atoms with E-state index >= 15 is 0 Å². The summed E-state index contributed by atoms with van der Waals surface area (Å²) in [4.78, 5) is 14.0. The van der Waals surface area contributed by atoms with E-state index in [1.54, 1.807) is 11.9 Å². The Morgan fingerprint density at radius 1 is 1.35 bits per heavy atom. The second-order valence-corrected chi connectivity index (χ2v) is 5.92. The Balaban J connectivity index is 1.89. The number of hydrogen-bond donors (Lipinski definition) is 1. The molecule has 2 unspecified atom stereocenters. The second-order valence-electron chi connectivity index (χ2n) is 5.52. The molecule has 110 valence electrons. The third kappa shape index (κ3) is 3.74. The van der Waals surface area contributed by atoms with E-state index in [1.807, 2.05) is 24.3 Å². The summed E-state index contributed by atoms with van der Waals surface area (Å²) in [7, 11) is 1.80. The highest BCUT2D eigenvalue weighted by Crippen LogP contribution is 2.23. The Bertz CT molecular complexity index is 464. The summed E-state index contributed by atoms with van der Waals surface area (Å²) in [6.45, 7) is 0. The lowest BCUT2D eigenvalue weighted by molar-refractivity contribution is -0.135. The zero-order chi connectivity index (χ0) is 14.5. The highest BCUT2D eigenvalue weighted by atomic mass is 35.5. The Labute approximate surface area is 125 Å². The first kappa shape index (κ1) is 15.3. The van der Waals surface area contributed by atoms with Crippen LogP contribution in [0.5, 0.6) is 0 Å². The van der Waals surface area contributed by atoms with E-state index in [2.05, 4.69) is 0 Å². The Morgan fingerprint density at radius 2 is 2.05 bits per heavy atom. The summed E-state index contributed by atoms with van der Waals surface area (Å²) in [5.74, 6) is 0.0795. The van der Waals surface area contributed by atoms with Crippen molar-refractivity contribution >= 4 is 17.5 Å². The van der Waals surface area contributed by atoms with E-state index in [0.717, 1.165) is 31.2 Å². The summed E-state index contributed by atoms with van der Waals surface area (Å²) in [6.07, 6.45) is 4.54. The van der Waals surface area contributed by atoms with Crippen LogP contribution in [0.2, 0.25) is 5.02 Å². The monoisotopic (exact) mass is 295 g/mol.